The summed E-state index contributed by atoms with van der Waals surface area (Å²) in [4.78, 5) is 17.1. The van der Waals surface area contributed by atoms with E-state index in [1.54, 1.807) is 32.9 Å². The number of hydrogen-bond donors (Lipinski definition) is 3. The molecule has 0 saturated carbocycles. The zero-order valence-corrected chi connectivity index (χ0v) is 22.1. The second-order valence-corrected chi connectivity index (χ2v) is 8.72. The normalized spacial score (nSPS) is 12.1. The van der Waals surface area contributed by atoms with E-state index in [2.05, 4.69) is 10.6 Å². The first-order valence-electron chi connectivity index (χ1n) is 12.4. The Bertz CT molecular complexity index is 1090. The Hall–Kier alpha value is -3.01. The Morgan fingerprint density at radius 1 is 1.17 bits per heavy atom. The first-order valence-corrected chi connectivity index (χ1v) is 12.4. The molecule has 1 unspecified atom stereocenters. The molecule has 0 aliphatic heterocycles. The summed E-state index contributed by atoms with van der Waals surface area (Å²) in [6.07, 6.45) is 0. The molecule has 9 heteroatoms. The maximum Gasteiger partial charge on any atom is 0.236 e. The van der Waals surface area contributed by atoms with Crippen molar-refractivity contribution in [1.29, 1.82) is 0 Å². The van der Waals surface area contributed by atoms with Crippen LogP contribution in [-0.2, 0) is 22.6 Å². The Kier molecular flexibility index (Phi) is 11.3. The van der Waals surface area contributed by atoms with Crippen molar-refractivity contribution < 1.29 is 23.8 Å². The third kappa shape index (κ3) is 8.89. The lowest BCUT2D eigenvalue weighted by Crippen LogP contribution is -2.46. The summed E-state index contributed by atoms with van der Waals surface area (Å²) in [7, 11) is 0. The maximum absolute atomic E-state index is 13.2. The molecule has 2 aromatic carbocycles. The van der Waals surface area contributed by atoms with Crippen molar-refractivity contribution in [3.05, 3.63) is 54.1 Å². The number of nitrogens with one attached hydrogen (secondary N) is 2. The summed E-state index contributed by atoms with van der Waals surface area (Å²) in [6.45, 7) is 13.2. The molecule has 36 heavy (non-hydrogen) atoms. The number of nitrogens with zero attached hydrogens (tertiary/aromatic N) is 2. The highest BCUT2D eigenvalue weighted by atomic mass is 19.1. The number of imidazole rings is 1. The largest absolute Gasteiger partial charge is 0.457 e. The topological polar surface area (TPSA) is 97.6 Å². The highest BCUT2D eigenvalue weighted by Gasteiger charge is 2.19. The highest BCUT2D eigenvalue weighted by molar-refractivity contribution is 5.81. The summed E-state index contributed by atoms with van der Waals surface area (Å²) in [5.41, 5.74) is 0.685. The number of benzene rings is 2. The van der Waals surface area contributed by atoms with Crippen LogP contribution in [0, 0.1) is 5.82 Å². The zero-order valence-electron chi connectivity index (χ0n) is 22.1. The lowest BCUT2D eigenvalue weighted by atomic mass is 10.1. The minimum atomic E-state index is -0.976. The van der Waals surface area contributed by atoms with Gasteiger partial charge >= 0.3 is 0 Å². The van der Waals surface area contributed by atoms with Gasteiger partial charge in [0.1, 0.15) is 23.1 Å². The van der Waals surface area contributed by atoms with Gasteiger partial charge < -0.3 is 24.5 Å². The van der Waals surface area contributed by atoms with E-state index in [9.17, 15) is 14.3 Å². The number of aliphatic hydroxyl groups is 1. The first-order chi connectivity index (χ1) is 17.2. The molecule has 3 aromatic rings. The highest BCUT2D eigenvalue weighted by Crippen LogP contribution is 2.26. The fourth-order valence-electron chi connectivity index (χ4n) is 3.33. The molecule has 1 aromatic heterocycles. The minimum absolute atomic E-state index is 0.168. The molecular formula is C27H39FN4O4. The van der Waals surface area contributed by atoms with Gasteiger partial charge in [0.25, 0.3) is 0 Å². The molecule has 0 aliphatic rings. The molecule has 1 heterocycles. The fraction of sp³-hybridized carbons (Fsp3) is 0.481. The molecule has 3 N–H and O–H groups in total. The monoisotopic (exact) mass is 502 g/mol. The van der Waals surface area contributed by atoms with Gasteiger partial charge in [-0.1, -0.05) is 13.8 Å². The Labute approximate surface area is 212 Å². The number of amides is 1. The van der Waals surface area contributed by atoms with E-state index in [1.807, 2.05) is 43.5 Å². The van der Waals surface area contributed by atoms with Crippen LogP contribution in [0.15, 0.2) is 42.5 Å². The number of ether oxygens (including phenoxy) is 2. The van der Waals surface area contributed by atoms with Crippen LogP contribution in [0.2, 0.25) is 0 Å². The van der Waals surface area contributed by atoms with Crippen molar-refractivity contribution in [2.45, 2.75) is 66.3 Å². The van der Waals surface area contributed by atoms with E-state index in [0.717, 1.165) is 16.9 Å². The average Bonchev–Trinajstić information content (AvgIpc) is 3.20. The molecule has 3 rings (SSSR count). The SMILES string of the molecule is CC.CCOCCn1c(CNC(C)C(=O)NCC(C)(C)O)nc2ccc(Oc3ccc(F)cc3)cc21. The predicted molar refractivity (Wildman–Crippen MR) is 140 cm³/mol. The standard InChI is InChI=1S/C25H33FN4O4.C2H6/c1-5-33-13-12-30-22-14-20(34-19-8-6-18(26)7-9-19)10-11-21(22)29-23(30)15-27-17(2)24(31)28-16-25(3,4)32;1-2/h6-11,14,17,27,32H,5,12-13,15-16H2,1-4H3,(H,28,31);1-2H3. The lowest BCUT2D eigenvalue weighted by molar-refractivity contribution is -0.123. The molecule has 0 bridgehead atoms. The molecule has 0 fully saturated rings. The smallest absolute Gasteiger partial charge is 0.236 e. The van der Waals surface area contributed by atoms with Gasteiger partial charge in [-0.05, 0) is 64.1 Å². The Morgan fingerprint density at radius 2 is 1.83 bits per heavy atom. The third-order valence-corrected chi connectivity index (χ3v) is 5.17. The van der Waals surface area contributed by atoms with Crippen molar-refractivity contribution in [1.82, 2.24) is 20.2 Å². The molecule has 0 spiro atoms. The number of aromatic nitrogens is 2. The molecular weight excluding hydrogens is 463 g/mol. The van der Waals surface area contributed by atoms with Crippen LogP contribution in [0.25, 0.3) is 11.0 Å². The van der Waals surface area contributed by atoms with Crippen molar-refractivity contribution in [3.63, 3.8) is 0 Å². The maximum atomic E-state index is 13.2. The second kappa shape index (κ2) is 13.9. The van der Waals surface area contributed by atoms with Gasteiger partial charge in [0.15, 0.2) is 0 Å². The van der Waals surface area contributed by atoms with Crippen LogP contribution in [0.5, 0.6) is 11.5 Å². The number of fused-ring (bicyclic) bond motifs is 1. The van der Waals surface area contributed by atoms with Gasteiger partial charge in [-0.15, -0.1) is 0 Å². The summed E-state index contributed by atoms with van der Waals surface area (Å²) >= 11 is 0. The second-order valence-electron chi connectivity index (χ2n) is 8.72. The van der Waals surface area contributed by atoms with Gasteiger partial charge in [0, 0.05) is 25.8 Å². The number of hydrogen-bond acceptors (Lipinski definition) is 6. The van der Waals surface area contributed by atoms with Crippen LogP contribution in [0.4, 0.5) is 4.39 Å². The molecule has 1 atom stereocenters. The summed E-state index contributed by atoms with van der Waals surface area (Å²) in [5.74, 6) is 1.38. The van der Waals surface area contributed by atoms with Crippen LogP contribution < -0.4 is 15.4 Å². The van der Waals surface area contributed by atoms with E-state index in [0.29, 0.717) is 37.8 Å². The van der Waals surface area contributed by atoms with E-state index in [1.165, 1.54) is 12.1 Å². The fourth-order valence-corrected chi connectivity index (χ4v) is 3.33. The zero-order chi connectivity index (χ0) is 26.7. The van der Waals surface area contributed by atoms with E-state index < -0.39 is 11.6 Å². The van der Waals surface area contributed by atoms with E-state index in [4.69, 9.17) is 14.5 Å². The molecule has 1 amide bonds. The third-order valence-electron chi connectivity index (χ3n) is 5.17. The van der Waals surface area contributed by atoms with Crippen LogP contribution >= 0.6 is 0 Å². The molecule has 8 nitrogen and oxygen atoms in total. The Balaban J connectivity index is 0.00000222. The quantitative estimate of drug-likeness (QED) is 0.318. The predicted octanol–water partition coefficient (Wildman–Crippen LogP) is 4.40. The summed E-state index contributed by atoms with van der Waals surface area (Å²) in [6, 6.07) is 11.0. The molecule has 198 valence electrons. The van der Waals surface area contributed by atoms with Gasteiger partial charge in [-0.2, -0.15) is 0 Å². The van der Waals surface area contributed by atoms with Crippen LogP contribution in [-0.4, -0.2) is 52.0 Å². The van der Waals surface area contributed by atoms with Crippen molar-refractivity contribution in [2.24, 2.45) is 0 Å². The number of carbonyl (C=O) groups is 1. The van der Waals surface area contributed by atoms with Crippen molar-refractivity contribution in [2.75, 3.05) is 19.8 Å². The van der Waals surface area contributed by atoms with Crippen LogP contribution in [0.1, 0.15) is 47.4 Å². The van der Waals surface area contributed by atoms with E-state index in [-0.39, 0.29) is 18.3 Å². The van der Waals surface area contributed by atoms with Crippen LogP contribution in [0.3, 0.4) is 0 Å². The number of halogens is 1. The van der Waals surface area contributed by atoms with E-state index >= 15 is 0 Å². The number of rotatable bonds is 12. The van der Waals surface area contributed by atoms with Crippen molar-refractivity contribution >= 4 is 16.9 Å². The van der Waals surface area contributed by atoms with Gasteiger partial charge in [0.2, 0.25) is 5.91 Å². The first kappa shape index (κ1) is 29.2. The Morgan fingerprint density at radius 3 is 2.47 bits per heavy atom. The van der Waals surface area contributed by atoms with Gasteiger partial charge in [0.05, 0.1) is 35.8 Å². The lowest BCUT2D eigenvalue weighted by Gasteiger charge is -2.20. The summed E-state index contributed by atoms with van der Waals surface area (Å²) < 4.78 is 26.7. The minimum Gasteiger partial charge on any atom is -0.457 e. The molecule has 0 aliphatic carbocycles. The van der Waals surface area contributed by atoms with Gasteiger partial charge in [-0.3, -0.25) is 10.1 Å². The van der Waals surface area contributed by atoms with Gasteiger partial charge in [-0.25, -0.2) is 9.37 Å². The molecule has 0 saturated heterocycles. The van der Waals surface area contributed by atoms with Crippen molar-refractivity contribution in [3.8, 4) is 11.5 Å². The average molecular weight is 503 g/mol. The summed E-state index contributed by atoms with van der Waals surface area (Å²) in [5, 5.41) is 15.8. The number of carbonyl (C=O) groups excluding carboxylic acids is 1. The molecule has 0 radical (unpaired) electrons.